The number of hydrogen-bond donors (Lipinski definition) is 5. The van der Waals surface area contributed by atoms with Gasteiger partial charge in [-0.15, -0.1) is 0 Å². The van der Waals surface area contributed by atoms with Crippen molar-refractivity contribution in [3.63, 3.8) is 0 Å². The number of rotatable bonds is 6. The highest BCUT2D eigenvalue weighted by Crippen LogP contribution is 2.45. The second-order valence-corrected chi connectivity index (χ2v) is 8.48. The van der Waals surface area contributed by atoms with E-state index in [2.05, 4.69) is 0 Å². The minimum Gasteiger partial charge on any atom is -0.394 e. The molecule has 0 aromatic rings. The standard InChI is InChI=1S/C20H32O8/c1-11(5-6-20(26)12(2)7-13(22)8-19(20,3)4)10-27-18-17(25)16(24)15(23)14(9-21)28-18/h5,7,14-18,21,23-26H,6,8-10H2,1-4H3/b11-5+/t14-,15-,16+,17-,18-,20-/m1/s1. The molecule has 1 saturated heterocycles. The van der Waals surface area contributed by atoms with Gasteiger partial charge in [0, 0.05) is 11.8 Å². The summed E-state index contributed by atoms with van der Waals surface area (Å²) in [5.41, 5.74) is -0.401. The molecule has 1 aliphatic carbocycles. The van der Waals surface area contributed by atoms with Crippen molar-refractivity contribution in [3.8, 4) is 0 Å². The molecule has 1 heterocycles. The SMILES string of the molecule is CC1=CC(=O)CC(C)(C)[C@@]1(O)C/C=C(\C)CO[C@@H]1O[C@H](CO)[C@@H](O)[C@H](O)[C@H]1O. The van der Waals surface area contributed by atoms with Crippen LogP contribution in [-0.2, 0) is 14.3 Å². The van der Waals surface area contributed by atoms with Gasteiger partial charge in [-0.1, -0.05) is 25.5 Å². The third-order valence-electron chi connectivity index (χ3n) is 5.84. The molecular weight excluding hydrogens is 368 g/mol. The van der Waals surface area contributed by atoms with E-state index in [0.717, 1.165) is 5.57 Å². The summed E-state index contributed by atoms with van der Waals surface area (Å²) in [4.78, 5) is 11.8. The Kier molecular flexibility index (Phi) is 7.20. The molecule has 1 aliphatic heterocycles. The number of hydrogen-bond acceptors (Lipinski definition) is 8. The minimum atomic E-state index is -1.49. The summed E-state index contributed by atoms with van der Waals surface area (Å²) in [5.74, 6) is -0.00109. The van der Waals surface area contributed by atoms with Gasteiger partial charge in [0.15, 0.2) is 12.1 Å². The van der Waals surface area contributed by atoms with E-state index in [4.69, 9.17) is 9.47 Å². The number of carbonyl (C=O) groups excluding carboxylic acids is 1. The first kappa shape index (κ1) is 23.2. The highest BCUT2D eigenvalue weighted by molar-refractivity contribution is 5.92. The molecule has 8 nitrogen and oxygen atoms in total. The second-order valence-electron chi connectivity index (χ2n) is 8.48. The molecule has 0 spiro atoms. The van der Waals surface area contributed by atoms with E-state index in [1.54, 1.807) is 19.9 Å². The van der Waals surface area contributed by atoms with Crippen molar-refractivity contribution in [1.82, 2.24) is 0 Å². The average molecular weight is 400 g/mol. The lowest BCUT2D eigenvalue weighted by Gasteiger charge is -2.45. The summed E-state index contributed by atoms with van der Waals surface area (Å²) in [5, 5.41) is 49.9. The number of aliphatic hydroxyl groups excluding tert-OH is 4. The quantitative estimate of drug-likeness (QED) is 0.387. The van der Waals surface area contributed by atoms with Crippen LogP contribution in [-0.4, -0.2) is 80.8 Å². The highest BCUT2D eigenvalue weighted by Gasteiger charge is 2.48. The number of ketones is 1. The molecule has 8 heteroatoms. The first-order valence-electron chi connectivity index (χ1n) is 9.44. The Labute approximate surface area is 165 Å². The summed E-state index contributed by atoms with van der Waals surface area (Å²) >= 11 is 0. The van der Waals surface area contributed by atoms with Gasteiger partial charge in [0.1, 0.15) is 24.4 Å². The van der Waals surface area contributed by atoms with E-state index in [0.29, 0.717) is 12.0 Å². The zero-order valence-corrected chi connectivity index (χ0v) is 16.8. The molecule has 2 rings (SSSR count). The lowest BCUT2D eigenvalue weighted by molar-refractivity contribution is -0.299. The third kappa shape index (κ3) is 4.54. The van der Waals surface area contributed by atoms with Crippen molar-refractivity contribution < 1.29 is 39.8 Å². The molecule has 0 radical (unpaired) electrons. The molecule has 28 heavy (non-hydrogen) atoms. The van der Waals surface area contributed by atoms with E-state index in [9.17, 15) is 30.3 Å². The molecule has 0 unspecified atom stereocenters. The van der Waals surface area contributed by atoms with Gasteiger partial charge in [0.2, 0.25) is 0 Å². The van der Waals surface area contributed by atoms with Crippen LogP contribution in [0.1, 0.15) is 40.5 Å². The van der Waals surface area contributed by atoms with Crippen LogP contribution in [0.25, 0.3) is 0 Å². The highest BCUT2D eigenvalue weighted by atomic mass is 16.7. The van der Waals surface area contributed by atoms with Crippen LogP contribution in [0.2, 0.25) is 0 Å². The number of aliphatic hydroxyl groups is 5. The largest absolute Gasteiger partial charge is 0.394 e. The lowest BCUT2D eigenvalue weighted by atomic mass is 9.63. The topological polar surface area (TPSA) is 137 Å². The molecule has 0 aromatic carbocycles. The Morgan fingerprint density at radius 3 is 2.50 bits per heavy atom. The van der Waals surface area contributed by atoms with E-state index in [1.807, 2.05) is 13.8 Å². The number of allylic oxidation sites excluding steroid dienone is 1. The van der Waals surface area contributed by atoms with Gasteiger partial charge in [-0.3, -0.25) is 4.79 Å². The first-order valence-corrected chi connectivity index (χ1v) is 9.44. The fourth-order valence-electron chi connectivity index (χ4n) is 3.76. The van der Waals surface area contributed by atoms with Crippen LogP contribution in [0, 0.1) is 5.41 Å². The number of carbonyl (C=O) groups is 1. The van der Waals surface area contributed by atoms with Crippen LogP contribution in [0.4, 0.5) is 0 Å². The maximum atomic E-state index is 11.8. The molecule has 1 fully saturated rings. The normalized spacial score (nSPS) is 39.0. The lowest BCUT2D eigenvalue weighted by Crippen LogP contribution is -2.59. The monoisotopic (exact) mass is 400 g/mol. The number of ether oxygens (including phenoxy) is 2. The average Bonchev–Trinajstić information content (AvgIpc) is 2.61. The van der Waals surface area contributed by atoms with Crippen molar-refractivity contribution in [3.05, 3.63) is 23.3 Å². The van der Waals surface area contributed by atoms with E-state index in [-0.39, 0.29) is 18.8 Å². The smallest absolute Gasteiger partial charge is 0.187 e. The molecule has 160 valence electrons. The predicted molar refractivity (Wildman–Crippen MR) is 100 cm³/mol. The molecule has 0 aromatic heterocycles. The third-order valence-corrected chi connectivity index (χ3v) is 5.84. The van der Waals surface area contributed by atoms with Crippen LogP contribution < -0.4 is 0 Å². The van der Waals surface area contributed by atoms with Crippen LogP contribution >= 0.6 is 0 Å². The summed E-state index contributed by atoms with van der Waals surface area (Å²) in [6, 6.07) is 0. The van der Waals surface area contributed by atoms with Gasteiger partial charge in [0.05, 0.1) is 18.8 Å². The van der Waals surface area contributed by atoms with Gasteiger partial charge < -0.3 is 35.0 Å². The van der Waals surface area contributed by atoms with E-state index < -0.39 is 48.3 Å². The molecule has 2 aliphatic rings. The Balaban J connectivity index is 2.01. The Morgan fingerprint density at radius 2 is 1.93 bits per heavy atom. The van der Waals surface area contributed by atoms with Crippen molar-refractivity contribution in [2.24, 2.45) is 5.41 Å². The summed E-state index contributed by atoms with van der Waals surface area (Å²) in [6.07, 6.45) is -2.77. The van der Waals surface area contributed by atoms with Gasteiger partial charge in [-0.2, -0.15) is 0 Å². The van der Waals surface area contributed by atoms with Gasteiger partial charge in [0.25, 0.3) is 0 Å². The fourth-order valence-corrected chi connectivity index (χ4v) is 3.76. The molecule has 0 saturated carbocycles. The molecular formula is C20H32O8. The van der Waals surface area contributed by atoms with Crippen molar-refractivity contribution in [2.75, 3.05) is 13.2 Å². The first-order chi connectivity index (χ1) is 12.9. The Morgan fingerprint density at radius 1 is 1.29 bits per heavy atom. The maximum absolute atomic E-state index is 11.8. The molecule has 5 N–H and O–H groups in total. The Hall–Kier alpha value is -1.13. The molecule has 6 atom stereocenters. The van der Waals surface area contributed by atoms with E-state index >= 15 is 0 Å². The maximum Gasteiger partial charge on any atom is 0.187 e. The fraction of sp³-hybridized carbons (Fsp3) is 0.750. The van der Waals surface area contributed by atoms with Crippen LogP contribution in [0.3, 0.4) is 0 Å². The van der Waals surface area contributed by atoms with Crippen LogP contribution in [0.15, 0.2) is 23.3 Å². The van der Waals surface area contributed by atoms with Crippen LogP contribution in [0.5, 0.6) is 0 Å². The minimum absolute atomic E-state index is 0.00109. The van der Waals surface area contributed by atoms with Crippen molar-refractivity contribution >= 4 is 5.78 Å². The predicted octanol–water partition coefficient (Wildman–Crippen LogP) is -0.184. The second kappa shape index (κ2) is 8.71. The summed E-state index contributed by atoms with van der Waals surface area (Å²) in [7, 11) is 0. The van der Waals surface area contributed by atoms with E-state index in [1.165, 1.54) is 6.08 Å². The van der Waals surface area contributed by atoms with Crippen molar-refractivity contribution in [1.29, 1.82) is 0 Å². The summed E-state index contributed by atoms with van der Waals surface area (Å²) < 4.78 is 10.8. The zero-order valence-electron chi connectivity index (χ0n) is 16.8. The van der Waals surface area contributed by atoms with Crippen molar-refractivity contribution in [2.45, 2.75) is 76.8 Å². The van der Waals surface area contributed by atoms with Gasteiger partial charge >= 0.3 is 0 Å². The Bertz CT molecular complexity index is 638. The molecule has 0 amide bonds. The summed E-state index contributed by atoms with van der Waals surface area (Å²) in [6.45, 7) is 6.77. The zero-order chi connectivity index (χ0) is 21.3. The van der Waals surface area contributed by atoms with Gasteiger partial charge in [-0.25, -0.2) is 0 Å². The van der Waals surface area contributed by atoms with Gasteiger partial charge in [-0.05, 0) is 31.9 Å². The molecule has 0 bridgehead atoms.